The number of pyridine rings is 1. The molecule has 1 aliphatic heterocycles. The molecule has 0 aliphatic carbocycles. The van der Waals surface area contributed by atoms with Crippen LogP contribution >= 0.6 is 0 Å². The first-order valence-electron chi connectivity index (χ1n) is 8.27. The lowest BCUT2D eigenvalue weighted by Crippen LogP contribution is -2.44. The van der Waals surface area contributed by atoms with Gasteiger partial charge in [0.2, 0.25) is 0 Å². The second kappa shape index (κ2) is 7.64. The largest absolute Gasteiger partial charge is 0.444 e. The quantitative estimate of drug-likeness (QED) is 0.868. The van der Waals surface area contributed by atoms with Crippen molar-refractivity contribution >= 4 is 11.9 Å². The fourth-order valence-corrected chi connectivity index (χ4v) is 2.62. The Morgan fingerprint density at radius 1 is 1.39 bits per heavy atom. The Morgan fingerprint density at radius 2 is 2.09 bits per heavy atom. The number of amides is 1. The zero-order valence-electron chi connectivity index (χ0n) is 14.3. The number of rotatable bonds is 5. The fraction of sp³-hybridized carbons (Fsp3) is 0.647. The van der Waals surface area contributed by atoms with Crippen molar-refractivity contribution in [3.63, 3.8) is 0 Å². The third-order valence-electron chi connectivity index (χ3n) is 3.73. The molecular weight excluding hydrogens is 292 g/mol. The summed E-state index contributed by atoms with van der Waals surface area (Å²) in [6.07, 6.45) is 4.54. The molecule has 2 heterocycles. The van der Waals surface area contributed by atoms with Gasteiger partial charge < -0.3 is 20.7 Å². The lowest BCUT2D eigenvalue weighted by atomic mass is 10.1. The van der Waals surface area contributed by atoms with Gasteiger partial charge in [-0.05, 0) is 51.7 Å². The van der Waals surface area contributed by atoms with Crippen LogP contribution in [0.25, 0.3) is 0 Å². The van der Waals surface area contributed by atoms with E-state index in [1.165, 1.54) is 12.8 Å². The molecule has 6 nitrogen and oxygen atoms in total. The Kier molecular flexibility index (Phi) is 5.82. The Hall–Kier alpha value is -1.82. The predicted molar refractivity (Wildman–Crippen MR) is 91.6 cm³/mol. The van der Waals surface area contributed by atoms with Crippen molar-refractivity contribution in [2.45, 2.75) is 51.7 Å². The third-order valence-corrected chi connectivity index (χ3v) is 3.73. The monoisotopic (exact) mass is 320 g/mol. The van der Waals surface area contributed by atoms with Gasteiger partial charge in [0.15, 0.2) is 0 Å². The Balaban J connectivity index is 1.89. The zero-order chi connectivity index (χ0) is 16.9. The molecular formula is C17H28N4O2. The topological polar surface area (TPSA) is 80.5 Å². The number of nitrogens with two attached hydrogens (primary N) is 1. The van der Waals surface area contributed by atoms with Gasteiger partial charge in [-0.1, -0.05) is 6.07 Å². The van der Waals surface area contributed by atoms with Crippen LogP contribution in [0.1, 0.15) is 39.2 Å². The lowest BCUT2D eigenvalue weighted by molar-refractivity contribution is 0.0506. The van der Waals surface area contributed by atoms with Gasteiger partial charge in [-0.2, -0.15) is 0 Å². The fourth-order valence-electron chi connectivity index (χ4n) is 2.62. The van der Waals surface area contributed by atoms with Crippen molar-refractivity contribution in [2.24, 2.45) is 5.73 Å². The average Bonchev–Trinajstić information content (AvgIpc) is 2.99. The number of nitrogens with zero attached hydrogens (tertiary/aromatic N) is 2. The molecule has 0 radical (unpaired) electrons. The molecule has 0 saturated carbocycles. The van der Waals surface area contributed by atoms with Gasteiger partial charge in [-0.3, -0.25) is 0 Å². The maximum Gasteiger partial charge on any atom is 0.407 e. The molecule has 0 bridgehead atoms. The van der Waals surface area contributed by atoms with Gasteiger partial charge in [0.05, 0.1) is 0 Å². The van der Waals surface area contributed by atoms with Gasteiger partial charge in [-0.15, -0.1) is 0 Å². The number of carbonyl (C=O) groups excluding carboxylic acids is 1. The average molecular weight is 320 g/mol. The SMILES string of the molecule is CC(C)(C)OC(=O)NC(CN)Cc1ccc(N2CCCC2)nc1. The molecule has 0 aromatic carbocycles. The highest BCUT2D eigenvalue weighted by molar-refractivity contribution is 5.68. The van der Waals surface area contributed by atoms with Gasteiger partial charge in [-0.25, -0.2) is 9.78 Å². The molecule has 1 amide bonds. The van der Waals surface area contributed by atoms with Crippen LogP contribution < -0.4 is 16.0 Å². The van der Waals surface area contributed by atoms with E-state index in [9.17, 15) is 4.79 Å². The van der Waals surface area contributed by atoms with E-state index in [4.69, 9.17) is 10.5 Å². The molecule has 6 heteroatoms. The Labute approximate surface area is 138 Å². The first kappa shape index (κ1) is 17.5. The minimum Gasteiger partial charge on any atom is -0.444 e. The van der Waals surface area contributed by atoms with Gasteiger partial charge in [0.1, 0.15) is 11.4 Å². The van der Waals surface area contributed by atoms with E-state index in [0.29, 0.717) is 13.0 Å². The summed E-state index contributed by atoms with van der Waals surface area (Å²) >= 11 is 0. The number of anilines is 1. The maximum absolute atomic E-state index is 11.8. The van der Waals surface area contributed by atoms with Crippen LogP contribution in [0, 0.1) is 0 Å². The highest BCUT2D eigenvalue weighted by Crippen LogP contribution is 2.18. The number of aromatic nitrogens is 1. The van der Waals surface area contributed by atoms with E-state index in [2.05, 4.69) is 21.3 Å². The molecule has 128 valence electrons. The Bertz CT molecular complexity index is 504. The predicted octanol–water partition coefficient (Wildman–Crippen LogP) is 2.08. The minimum atomic E-state index is -0.512. The van der Waals surface area contributed by atoms with Crippen molar-refractivity contribution in [1.82, 2.24) is 10.3 Å². The standard InChI is InChI=1S/C17H28N4O2/c1-17(2,3)23-16(22)20-14(11-18)10-13-6-7-15(19-12-13)21-8-4-5-9-21/h6-7,12,14H,4-5,8-11,18H2,1-3H3,(H,20,22). The van der Waals surface area contributed by atoms with Crippen LogP contribution in [0.15, 0.2) is 18.3 Å². The highest BCUT2D eigenvalue weighted by Gasteiger charge is 2.19. The van der Waals surface area contributed by atoms with Crippen LogP contribution in [0.3, 0.4) is 0 Å². The third kappa shape index (κ3) is 5.71. The molecule has 1 atom stereocenters. The van der Waals surface area contributed by atoms with Crippen molar-refractivity contribution < 1.29 is 9.53 Å². The summed E-state index contributed by atoms with van der Waals surface area (Å²) in [5.41, 5.74) is 6.31. The second-order valence-corrected chi connectivity index (χ2v) is 7.00. The number of nitrogens with one attached hydrogen (secondary N) is 1. The second-order valence-electron chi connectivity index (χ2n) is 7.00. The molecule has 23 heavy (non-hydrogen) atoms. The van der Waals surface area contributed by atoms with Crippen LogP contribution in [-0.4, -0.2) is 42.4 Å². The summed E-state index contributed by atoms with van der Waals surface area (Å²) < 4.78 is 5.27. The number of alkyl carbamates (subject to hydrolysis) is 1. The molecule has 0 spiro atoms. The molecule has 2 rings (SSSR count). The van der Waals surface area contributed by atoms with Gasteiger partial charge >= 0.3 is 6.09 Å². The summed E-state index contributed by atoms with van der Waals surface area (Å²) in [7, 11) is 0. The summed E-state index contributed by atoms with van der Waals surface area (Å²) in [6, 6.07) is 3.94. The lowest BCUT2D eigenvalue weighted by Gasteiger charge is -2.23. The van der Waals surface area contributed by atoms with Crippen LogP contribution in [0.5, 0.6) is 0 Å². The minimum absolute atomic E-state index is 0.163. The number of carbonyl (C=O) groups is 1. The maximum atomic E-state index is 11.8. The van der Waals surface area contributed by atoms with Crippen molar-refractivity contribution in [3.8, 4) is 0 Å². The first-order chi connectivity index (χ1) is 10.9. The number of ether oxygens (including phenoxy) is 1. The molecule has 1 saturated heterocycles. The summed E-state index contributed by atoms with van der Waals surface area (Å²) in [6.45, 7) is 8.03. The van der Waals surface area contributed by atoms with E-state index in [1.54, 1.807) is 0 Å². The van der Waals surface area contributed by atoms with Gasteiger partial charge in [0.25, 0.3) is 0 Å². The smallest absolute Gasteiger partial charge is 0.407 e. The highest BCUT2D eigenvalue weighted by atomic mass is 16.6. The van der Waals surface area contributed by atoms with Crippen LogP contribution in [0.2, 0.25) is 0 Å². The zero-order valence-corrected chi connectivity index (χ0v) is 14.3. The molecule has 1 aliphatic rings. The van der Waals surface area contributed by atoms with Crippen LogP contribution in [-0.2, 0) is 11.2 Å². The van der Waals surface area contributed by atoms with E-state index >= 15 is 0 Å². The number of hydrogen-bond donors (Lipinski definition) is 2. The number of hydrogen-bond acceptors (Lipinski definition) is 5. The van der Waals surface area contributed by atoms with Crippen LogP contribution in [0.4, 0.5) is 10.6 Å². The Morgan fingerprint density at radius 3 is 2.61 bits per heavy atom. The molecule has 1 aromatic heterocycles. The van der Waals surface area contributed by atoms with E-state index < -0.39 is 11.7 Å². The van der Waals surface area contributed by atoms with E-state index in [1.807, 2.05) is 33.0 Å². The summed E-state index contributed by atoms with van der Waals surface area (Å²) in [4.78, 5) is 18.7. The molecule has 1 unspecified atom stereocenters. The van der Waals surface area contributed by atoms with Crippen molar-refractivity contribution in [2.75, 3.05) is 24.5 Å². The summed E-state index contributed by atoms with van der Waals surface area (Å²) in [5, 5.41) is 2.82. The van der Waals surface area contributed by atoms with Gasteiger partial charge in [0, 0.05) is 31.9 Å². The van der Waals surface area contributed by atoms with Crippen molar-refractivity contribution in [1.29, 1.82) is 0 Å². The molecule has 1 aromatic rings. The first-order valence-corrected chi connectivity index (χ1v) is 8.27. The molecule has 3 N–H and O–H groups in total. The molecule has 1 fully saturated rings. The van der Waals surface area contributed by atoms with E-state index in [0.717, 1.165) is 24.5 Å². The van der Waals surface area contributed by atoms with E-state index in [-0.39, 0.29) is 6.04 Å². The normalized spacial score (nSPS) is 16.3. The van der Waals surface area contributed by atoms with Crippen molar-refractivity contribution in [3.05, 3.63) is 23.9 Å². The summed E-state index contributed by atoms with van der Waals surface area (Å²) in [5.74, 6) is 1.02.